The fourth-order valence-corrected chi connectivity index (χ4v) is 8.78. The summed E-state index contributed by atoms with van der Waals surface area (Å²) in [5.74, 6) is 1.18. The first-order valence-corrected chi connectivity index (χ1v) is 19.2. The van der Waals surface area contributed by atoms with Crippen LogP contribution in [-0.4, -0.2) is 101 Å². The highest BCUT2D eigenvalue weighted by molar-refractivity contribution is 8.01. The van der Waals surface area contributed by atoms with Crippen molar-refractivity contribution < 1.29 is 38.7 Å². The van der Waals surface area contributed by atoms with Gasteiger partial charge in [-0.05, 0) is 26.2 Å². The molecule has 2 atom stereocenters. The van der Waals surface area contributed by atoms with Crippen LogP contribution in [0.15, 0.2) is 13.2 Å². The molecule has 0 bridgehead atoms. The van der Waals surface area contributed by atoms with Gasteiger partial charge in [-0.1, -0.05) is 22.3 Å². The number of hydrogen-bond acceptors (Lipinski definition) is 10. The molecule has 0 heterocycles. The smallest absolute Gasteiger partial charge is 0.217 e. The summed E-state index contributed by atoms with van der Waals surface area (Å²) in [6.07, 6.45) is 0. The fraction of sp³-hybridized carbons (Fsp3) is 0.826. The Morgan fingerprint density at radius 2 is 1.03 bits per heavy atom. The number of thioether (sulfide) groups is 2. The first-order valence-electron chi connectivity index (χ1n) is 10.6. The first-order chi connectivity index (χ1) is 15.8. The zero-order chi connectivity index (χ0) is 27.2. The Morgan fingerprint density at radius 1 is 0.757 bits per heavy atom. The molecule has 14 heteroatoms. The Bertz CT molecular complexity index is 493. The first kappa shape index (κ1) is 49.5. The zero-order valence-electron chi connectivity index (χ0n) is 22.0. The van der Waals surface area contributed by atoms with Gasteiger partial charge in [0.05, 0.1) is 12.1 Å². The van der Waals surface area contributed by atoms with Crippen LogP contribution in [0.4, 0.5) is 0 Å². The lowest BCUT2D eigenvalue weighted by Crippen LogP contribution is -2.40. The van der Waals surface area contributed by atoms with Crippen LogP contribution in [0, 0.1) is 0 Å². The van der Waals surface area contributed by atoms with Gasteiger partial charge in [-0.25, -0.2) is 9.78 Å². The summed E-state index contributed by atoms with van der Waals surface area (Å²) in [4.78, 5) is 29.9. The molecule has 0 aliphatic rings. The largest absolute Gasteiger partial charge is 0.420 e. The third-order valence-electron chi connectivity index (χ3n) is 4.01. The van der Waals surface area contributed by atoms with Gasteiger partial charge in [0.1, 0.15) is 13.2 Å². The number of hydrogen-bond donors (Lipinski definition) is 4. The average molecular weight is 611 g/mol. The molecule has 0 radical (unpaired) electrons. The van der Waals surface area contributed by atoms with Crippen molar-refractivity contribution in [3.63, 3.8) is 0 Å². The summed E-state index contributed by atoms with van der Waals surface area (Å²) in [5.41, 5.74) is 0. The molecule has 0 aromatic heterocycles. The van der Waals surface area contributed by atoms with E-state index in [1.807, 2.05) is 0 Å². The van der Waals surface area contributed by atoms with Crippen molar-refractivity contribution in [2.45, 2.75) is 74.4 Å². The lowest BCUT2D eigenvalue weighted by Gasteiger charge is -2.21. The van der Waals surface area contributed by atoms with Crippen molar-refractivity contribution in [2.24, 2.45) is 0 Å². The molecule has 0 aromatic rings. The van der Waals surface area contributed by atoms with Crippen LogP contribution in [0.1, 0.15) is 36.1 Å². The SMILES string of the molecule is C.C.C.C=C.CO[Si](C)(C)CSCC(COO)NC(C)=O.CO[Si](C)(C)CSCC(COO)NC(C)=O. The third-order valence-corrected chi connectivity index (χ3v) is 14.7. The van der Waals surface area contributed by atoms with Crippen molar-refractivity contribution in [3.8, 4) is 0 Å². The van der Waals surface area contributed by atoms with E-state index in [0.717, 1.165) is 10.8 Å². The Balaban J connectivity index is -0.000000113. The summed E-state index contributed by atoms with van der Waals surface area (Å²) in [7, 11) is 0.342. The fourth-order valence-electron chi connectivity index (χ4n) is 2.03. The van der Waals surface area contributed by atoms with Gasteiger partial charge in [0, 0.05) is 50.3 Å². The minimum atomic E-state index is -1.56. The van der Waals surface area contributed by atoms with E-state index in [0.29, 0.717) is 11.5 Å². The van der Waals surface area contributed by atoms with Crippen LogP contribution in [0.2, 0.25) is 26.2 Å². The monoisotopic (exact) mass is 610 g/mol. The van der Waals surface area contributed by atoms with E-state index in [9.17, 15) is 9.59 Å². The molecule has 2 amide bonds. The van der Waals surface area contributed by atoms with Gasteiger partial charge in [-0.15, -0.1) is 13.2 Å². The van der Waals surface area contributed by atoms with E-state index in [2.05, 4.69) is 59.8 Å². The van der Waals surface area contributed by atoms with Crippen LogP contribution in [0.3, 0.4) is 0 Å². The van der Waals surface area contributed by atoms with Gasteiger partial charge in [0.2, 0.25) is 11.8 Å². The van der Waals surface area contributed by atoms with Crippen molar-refractivity contribution in [2.75, 3.05) is 49.7 Å². The third kappa shape index (κ3) is 35.6. The van der Waals surface area contributed by atoms with Crippen LogP contribution in [-0.2, 0) is 28.2 Å². The molecular formula is C23H58N2O8S2Si2. The lowest BCUT2D eigenvalue weighted by molar-refractivity contribution is -0.245. The highest BCUT2D eigenvalue weighted by Gasteiger charge is 2.22. The number of carbonyl (C=O) groups excluding carboxylic acids is 2. The van der Waals surface area contributed by atoms with E-state index >= 15 is 0 Å². The summed E-state index contributed by atoms with van der Waals surface area (Å²) in [5, 5.41) is 24.1. The molecule has 4 N–H and O–H groups in total. The molecular weight excluding hydrogens is 553 g/mol. The van der Waals surface area contributed by atoms with Crippen molar-refractivity contribution >= 4 is 52.0 Å². The highest BCUT2D eigenvalue weighted by atomic mass is 32.2. The standard InChI is InChI=1S/2C9H21NO4SSi.C2H4.3CH4/c2*1-8(11)10-9(5-14-12)6-15-7-16(3,4)13-2;1-2;;;/h2*9,12H,5-7H2,1-4H3,(H,10,11);1-2H2;3*1H4. The minimum absolute atomic E-state index is 0. The molecule has 0 fully saturated rings. The molecule has 0 rings (SSSR count). The summed E-state index contributed by atoms with van der Waals surface area (Å²) in [6, 6.07) is -0.316. The topological polar surface area (TPSA) is 136 Å². The minimum Gasteiger partial charge on any atom is -0.420 e. The molecule has 0 aliphatic carbocycles. The second-order valence-corrected chi connectivity index (χ2v) is 20.0. The molecule has 2 unspecified atom stereocenters. The predicted octanol–water partition coefficient (Wildman–Crippen LogP) is 4.92. The summed E-state index contributed by atoms with van der Waals surface area (Å²) >= 11 is 3.41. The van der Waals surface area contributed by atoms with Crippen LogP contribution < -0.4 is 10.6 Å². The van der Waals surface area contributed by atoms with Gasteiger partial charge in [-0.2, -0.15) is 23.5 Å². The number of nitrogens with one attached hydrogen (secondary N) is 2. The van der Waals surface area contributed by atoms with Gasteiger partial charge in [0.15, 0.2) is 16.6 Å². The molecule has 37 heavy (non-hydrogen) atoms. The molecule has 0 spiro atoms. The second kappa shape index (κ2) is 30.1. The highest BCUT2D eigenvalue weighted by Crippen LogP contribution is 2.14. The van der Waals surface area contributed by atoms with E-state index in [1.54, 1.807) is 37.7 Å². The van der Waals surface area contributed by atoms with Gasteiger partial charge in [-0.3, -0.25) is 20.1 Å². The Kier molecular flexibility index (Phi) is 40.3. The van der Waals surface area contributed by atoms with E-state index in [1.165, 1.54) is 13.8 Å². The van der Waals surface area contributed by atoms with E-state index in [4.69, 9.17) is 19.4 Å². The summed E-state index contributed by atoms with van der Waals surface area (Å²) < 4.78 is 10.8. The lowest BCUT2D eigenvalue weighted by atomic mass is 10.3. The van der Waals surface area contributed by atoms with Crippen LogP contribution in [0.5, 0.6) is 0 Å². The number of rotatable bonds is 16. The zero-order valence-corrected chi connectivity index (χ0v) is 25.6. The summed E-state index contributed by atoms with van der Waals surface area (Å²) in [6.45, 7) is 17.7. The Morgan fingerprint density at radius 3 is 1.22 bits per heavy atom. The van der Waals surface area contributed by atoms with Crippen LogP contribution in [0.25, 0.3) is 0 Å². The molecule has 0 saturated carbocycles. The van der Waals surface area contributed by atoms with Crippen molar-refractivity contribution in [1.29, 1.82) is 0 Å². The van der Waals surface area contributed by atoms with Crippen molar-refractivity contribution in [3.05, 3.63) is 13.2 Å². The molecule has 0 aromatic carbocycles. The van der Waals surface area contributed by atoms with Crippen LogP contribution >= 0.6 is 23.5 Å². The van der Waals surface area contributed by atoms with E-state index in [-0.39, 0.29) is 59.4 Å². The van der Waals surface area contributed by atoms with Gasteiger partial charge in [0.25, 0.3) is 0 Å². The molecule has 0 saturated heterocycles. The Labute approximate surface area is 238 Å². The predicted molar refractivity (Wildman–Crippen MR) is 167 cm³/mol. The maximum Gasteiger partial charge on any atom is 0.217 e. The number of carbonyl (C=O) groups is 2. The van der Waals surface area contributed by atoms with E-state index < -0.39 is 16.6 Å². The normalized spacial score (nSPS) is 11.8. The quantitative estimate of drug-likeness (QED) is 0.0825. The maximum absolute atomic E-state index is 10.9. The van der Waals surface area contributed by atoms with Gasteiger partial charge >= 0.3 is 0 Å². The van der Waals surface area contributed by atoms with Gasteiger partial charge < -0.3 is 19.5 Å². The maximum atomic E-state index is 10.9. The average Bonchev–Trinajstić information content (AvgIpc) is 2.75. The second-order valence-electron chi connectivity index (χ2n) is 8.34. The van der Waals surface area contributed by atoms with Crippen molar-refractivity contribution in [1.82, 2.24) is 10.6 Å². The molecule has 228 valence electrons. The molecule has 10 nitrogen and oxygen atoms in total. The molecule has 0 aliphatic heterocycles. The number of amides is 2. The Hall–Kier alpha value is -0.426.